The van der Waals surface area contributed by atoms with E-state index in [1.807, 2.05) is 42.5 Å². The smallest absolute Gasteiger partial charge is 0.346 e. The molecule has 22 heavy (non-hydrogen) atoms. The molecule has 3 aromatic rings. The number of rotatable bonds is 3. The minimum atomic E-state index is -1.32. The summed E-state index contributed by atoms with van der Waals surface area (Å²) < 4.78 is 4.69. The van der Waals surface area contributed by atoms with E-state index in [0.29, 0.717) is 5.69 Å². The van der Waals surface area contributed by atoms with Crippen LogP contribution < -0.4 is 0 Å². The molecule has 1 aromatic heterocycles. The Labute approximate surface area is 124 Å². The molecule has 0 saturated heterocycles. The Bertz CT molecular complexity index is 935. The molecule has 0 atom stereocenters. The molecule has 0 radical (unpaired) electrons. The van der Waals surface area contributed by atoms with E-state index in [9.17, 15) is 4.79 Å². The van der Waals surface area contributed by atoms with Crippen molar-refractivity contribution in [2.75, 3.05) is 0 Å². The molecular formula is C16H9N3O3. The van der Waals surface area contributed by atoms with Gasteiger partial charge in [-0.1, -0.05) is 36.4 Å². The zero-order valence-electron chi connectivity index (χ0n) is 11.2. The van der Waals surface area contributed by atoms with Crippen LogP contribution in [0.2, 0.25) is 0 Å². The first kappa shape index (κ1) is 13.5. The van der Waals surface area contributed by atoms with Gasteiger partial charge in [0.15, 0.2) is 0 Å². The van der Waals surface area contributed by atoms with Crippen LogP contribution in [0.15, 0.2) is 52.7 Å². The van der Waals surface area contributed by atoms with Crippen LogP contribution in [0.4, 0.5) is 0 Å². The van der Waals surface area contributed by atoms with Crippen molar-refractivity contribution in [3.63, 3.8) is 0 Å². The summed E-state index contributed by atoms with van der Waals surface area (Å²) in [5, 5.41) is 27.3. The van der Waals surface area contributed by atoms with Crippen molar-refractivity contribution in [1.29, 1.82) is 5.26 Å². The largest absolute Gasteiger partial charge is 0.477 e. The molecule has 0 aliphatic heterocycles. The van der Waals surface area contributed by atoms with Crippen LogP contribution in [0.1, 0.15) is 5.69 Å². The van der Waals surface area contributed by atoms with E-state index in [0.717, 1.165) is 22.4 Å². The fourth-order valence-electron chi connectivity index (χ4n) is 2.11. The number of aliphatic carboxylic acids is 1. The Balaban J connectivity index is 2.11. The number of carbonyl (C=O) groups is 1. The van der Waals surface area contributed by atoms with E-state index in [2.05, 4.69) is 10.3 Å². The average molecular weight is 291 g/mol. The van der Waals surface area contributed by atoms with Gasteiger partial charge in [-0.3, -0.25) is 0 Å². The predicted octanol–water partition coefficient (Wildman–Crippen LogP) is 2.88. The molecule has 2 aromatic carbocycles. The maximum atomic E-state index is 10.9. The lowest BCUT2D eigenvalue weighted by molar-refractivity contribution is -0.132. The number of hydrogen-bond acceptors (Lipinski definition) is 5. The number of benzene rings is 2. The average Bonchev–Trinajstić information content (AvgIpc) is 3.00. The lowest BCUT2D eigenvalue weighted by Crippen LogP contribution is -1.97. The van der Waals surface area contributed by atoms with E-state index in [1.165, 1.54) is 0 Å². The predicted molar refractivity (Wildman–Crippen MR) is 78.5 cm³/mol. The maximum Gasteiger partial charge on any atom is 0.346 e. The molecule has 0 aliphatic rings. The van der Waals surface area contributed by atoms with Gasteiger partial charge in [-0.05, 0) is 33.2 Å². The highest BCUT2D eigenvalue weighted by molar-refractivity contribution is 5.97. The zero-order chi connectivity index (χ0) is 15.5. The number of nitrogens with zero attached hydrogens (tertiary/aromatic N) is 3. The van der Waals surface area contributed by atoms with E-state index in [4.69, 9.17) is 15.0 Å². The first-order valence-electron chi connectivity index (χ1n) is 6.36. The molecular weight excluding hydrogens is 282 g/mol. The molecule has 0 saturated carbocycles. The summed E-state index contributed by atoms with van der Waals surface area (Å²) >= 11 is 0. The molecule has 0 amide bonds. The monoisotopic (exact) mass is 291 g/mol. The first-order valence-corrected chi connectivity index (χ1v) is 6.36. The standard InChI is InChI=1S/C16H9N3O3/c17-9-13(16(20)21)8-14-15(19-22-18-14)12-6-5-10-3-1-2-4-11(10)7-12/h1-8H,(H,20,21). The number of carboxylic acid groups (broad SMARTS) is 1. The molecule has 0 unspecified atom stereocenters. The Kier molecular flexibility index (Phi) is 3.38. The summed E-state index contributed by atoms with van der Waals surface area (Å²) in [4.78, 5) is 10.9. The van der Waals surface area contributed by atoms with Crippen LogP contribution in [0, 0.1) is 11.3 Å². The van der Waals surface area contributed by atoms with Crippen molar-refractivity contribution in [2.24, 2.45) is 0 Å². The normalized spacial score (nSPS) is 11.3. The molecule has 0 fully saturated rings. The molecule has 106 valence electrons. The SMILES string of the molecule is N#CC(=Cc1nonc1-c1ccc2ccccc2c1)C(=O)O. The van der Waals surface area contributed by atoms with Crippen LogP contribution in [0.25, 0.3) is 28.1 Å². The Morgan fingerprint density at radius 3 is 2.68 bits per heavy atom. The van der Waals surface area contributed by atoms with Crippen molar-refractivity contribution in [1.82, 2.24) is 10.3 Å². The molecule has 1 heterocycles. The van der Waals surface area contributed by atoms with Crippen molar-refractivity contribution in [2.45, 2.75) is 0 Å². The fraction of sp³-hybridized carbons (Fsp3) is 0. The van der Waals surface area contributed by atoms with Gasteiger partial charge < -0.3 is 5.11 Å². The second-order valence-corrected chi connectivity index (χ2v) is 4.53. The third-order valence-corrected chi connectivity index (χ3v) is 3.17. The molecule has 1 N–H and O–H groups in total. The number of hydrogen-bond donors (Lipinski definition) is 1. The summed E-state index contributed by atoms with van der Waals surface area (Å²) in [5.41, 5.74) is 0.889. The molecule has 6 heteroatoms. The lowest BCUT2D eigenvalue weighted by atomic mass is 10.0. The zero-order valence-corrected chi connectivity index (χ0v) is 11.2. The molecule has 0 aliphatic carbocycles. The minimum Gasteiger partial charge on any atom is -0.477 e. The third kappa shape index (κ3) is 2.43. The van der Waals surface area contributed by atoms with Crippen LogP contribution in [-0.4, -0.2) is 21.4 Å². The summed E-state index contributed by atoms with van der Waals surface area (Å²) in [6.45, 7) is 0. The molecule has 0 bridgehead atoms. The number of aromatic nitrogens is 2. The van der Waals surface area contributed by atoms with Crippen LogP contribution in [0.3, 0.4) is 0 Å². The van der Waals surface area contributed by atoms with Gasteiger partial charge in [0.05, 0.1) is 0 Å². The molecule has 0 spiro atoms. The van der Waals surface area contributed by atoms with E-state index in [-0.39, 0.29) is 5.69 Å². The van der Waals surface area contributed by atoms with Gasteiger partial charge in [0.25, 0.3) is 0 Å². The summed E-state index contributed by atoms with van der Waals surface area (Å²) in [7, 11) is 0. The van der Waals surface area contributed by atoms with Crippen molar-refractivity contribution in [3.05, 3.63) is 53.7 Å². The van der Waals surface area contributed by atoms with Crippen LogP contribution >= 0.6 is 0 Å². The van der Waals surface area contributed by atoms with Crippen LogP contribution in [-0.2, 0) is 4.79 Å². The second-order valence-electron chi connectivity index (χ2n) is 4.53. The van der Waals surface area contributed by atoms with Gasteiger partial charge in [-0.15, -0.1) is 0 Å². The highest BCUT2D eigenvalue weighted by atomic mass is 16.6. The highest BCUT2D eigenvalue weighted by Crippen LogP contribution is 2.26. The van der Waals surface area contributed by atoms with Gasteiger partial charge in [0.1, 0.15) is 23.0 Å². The second kappa shape index (κ2) is 5.50. The number of nitriles is 1. The topological polar surface area (TPSA) is 100 Å². The van der Waals surface area contributed by atoms with Gasteiger partial charge in [-0.2, -0.15) is 5.26 Å². The molecule has 6 nitrogen and oxygen atoms in total. The maximum absolute atomic E-state index is 10.9. The van der Waals surface area contributed by atoms with E-state index in [1.54, 1.807) is 6.07 Å². The van der Waals surface area contributed by atoms with Gasteiger partial charge >= 0.3 is 5.97 Å². The van der Waals surface area contributed by atoms with E-state index < -0.39 is 11.5 Å². The third-order valence-electron chi connectivity index (χ3n) is 3.17. The number of fused-ring (bicyclic) bond motifs is 1. The summed E-state index contributed by atoms with van der Waals surface area (Å²) in [5.74, 6) is -1.32. The summed E-state index contributed by atoms with van der Waals surface area (Å²) in [6.07, 6.45) is 1.14. The van der Waals surface area contributed by atoms with Gasteiger partial charge in [0, 0.05) is 5.56 Å². The van der Waals surface area contributed by atoms with Crippen molar-refractivity contribution in [3.8, 4) is 17.3 Å². The van der Waals surface area contributed by atoms with Crippen molar-refractivity contribution < 1.29 is 14.5 Å². The molecule has 3 rings (SSSR count). The first-order chi connectivity index (χ1) is 10.7. The number of carboxylic acids is 1. The fourth-order valence-corrected chi connectivity index (χ4v) is 2.11. The highest BCUT2D eigenvalue weighted by Gasteiger charge is 2.14. The lowest BCUT2D eigenvalue weighted by Gasteiger charge is -2.01. The quantitative estimate of drug-likeness (QED) is 0.588. The van der Waals surface area contributed by atoms with Crippen molar-refractivity contribution >= 4 is 22.8 Å². The van der Waals surface area contributed by atoms with E-state index >= 15 is 0 Å². The Morgan fingerprint density at radius 1 is 1.18 bits per heavy atom. The summed E-state index contributed by atoms with van der Waals surface area (Å²) in [6, 6.07) is 15.1. The Hall–Kier alpha value is -3.46. The van der Waals surface area contributed by atoms with Gasteiger partial charge in [0.2, 0.25) is 0 Å². The Morgan fingerprint density at radius 2 is 1.95 bits per heavy atom. The minimum absolute atomic E-state index is 0.203. The van der Waals surface area contributed by atoms with Gasteiger partial charge in [-0.25, -0.2) is 9.42 Å². The van der Waals surface area contributed by atoms with Crippen LogP contribution in [0.5, 0.6) is 0 Å².